The van der Waals surface area contributed by atoms with Crippen LogP contribution in [0.1, 0.15) is 45.5 Å². The number of sulfonamides is 1. The molecule has 7 nitrogen and oxygen atoms in total. The van der Waals surface area contributed by atoms with Gasteiger partial charge in [-0.1, -0.05) is 24.1 Å². The van der Waals surface area contributed by atoms with E-state index in [1.165, 1.54) is 34.6 Å². The van der Waals surface area contributed by atoms with Gasteiger partial charge in [-0.3, -0.25) is 9.59 Å². The number of amides is 2. The first-order valence-corrected chi connectivity index (χ1v) is 12.1. The average Bonchev–Trinajstić information content (AvgIpc) is 2.79. The van der Waals surface area contributed by atoms with E-state index in [1.54, 1.807) is 6.92 Å². The van der Waals surface area contributed by atoms with Crippen LogP contribution in [0.5, 0.6) is 0 Å². The molecule has 10 heteroatoms. The third kappa shape index (κ3) is 5.65. The molecule has 1 aliphatic rings. The van der Waals surface area contributed by atoms with Crippen LogP contribution in [0, 0.1) is 12.7 Å². The quantitative estimate of drug-likeness (QED) is 0.594. The number of hydrogen-bond donors (Lipinski definition) is 2. The summed E-state index contributed by atoms with van der Waals surface area (Å²) < 4.78 is 40.9. The molecule has 0 unspecified atom stereocenters. The van der Waals surface area contributed by atoms with Gasteiger partial charge in [-0.05, 0) is 55.7 Å². The van der Waals surface area contributed by atoms with E-state index in [-0.39, 0.29) is 34.1 Å². The zero-order valence-corrected chi connectivity index (χ0v) is 19.2. The Balaban J connectivity index is 1.59. The molecule has 1 saturated heterocycles. The van der Waals surface area contributed by atoms with Crippen LogP contribution < -0.4 is 10.6 Å². The van der Waals surface area contributed by atoms with Crippen molar-refractivity contribution >= 4 is 33.4 Å². The summed E-state index contributed by atoms with van der Waals surface area (Å²) in [4.78, 5) is 24.5. The van der Waals surface area contributed by atoms with Crippen molar-refractivity contribution in [2.24, 2.45) is 0 Å². The number of piperidine rings is 1. The predicted molar refractivity (Wildman–Crippen MR) is 120 cm³/mol. The molecule has 32 heavy (non-hydrogen) atoms. The lowest BCUT2D eigenvalue weighted by atomic mass is 10.1. The van der Waals surface area contributed by atoms with Crippen molar-refractivity contribution in [1.29, 1.82) is 0 Å². The van der Waals surface area contributed by atoms with Gasteiger partial charge in [0.25, 0.3) is 11.8 Å². The molecule has 0 aromatic heterocycles. The highest BCUT2D eigenvalue weighted by atomic mass is 35.5. The first kappa shape index (κ1) is 24.2. The molecule has 0 aliphatic carbocycles. The number of carbonyl (C=O) groups is 2. The number of benzene rings is 2. The van der Waals surface area contributed by atoms with Crippen molar-refractivity contribution in [2.75, 3.05) is 26.2 Å². The molecule has 3 rings (SSSR count). The lowest BCUT2D eigenvalue weighted by Gasteiger charge is -2.26. The maximum absolute atomic E-state index is 13.6. The largest absolute Gasteiger partial charge is 0.350 e. The number of hydrogen-bond acceptors (Lipinski definition) is 4. The zero-order chi connectivity index (χ0) is 23.3. The average molecular weight is 482 g/mol. The molecular weight excluding hydrogens is 457 g/mol. The normalized spacial score (nSPS) is 14.7. The Morgan fingerprint density at radius 1 is 0.969 bits per heavy atom. The third-order valence-corrected chi connectivity index (χ3v) is 7.64. The molecule has 0 saturated carbocycles. The Bertz CT molecular complexity index is 1120. The Labute approximate surface area is 192 Å². The van der Waals surface area contributed by atoms with Gasteiger partial charge in [0.2, 0.25) is 10.0 Å². The Morgan fingerprint density at radius 3 is 2.12 bits per heavy atom. The molecule has 1 heterocycles. The summed E-state index contributed by atoms with van der Waals surface area (Å²) in [7, 11) is -3.79. The SMILES string of the molecule is Cc1ccc(C(=O)NCCNC(=O)c2ccc(Cl)c(S(=O)(=O)N3CCCCC3)c2)cc1F. The summed E-state index contributed by atoms with van der Waals surface area (Å²) >= 11 is 6.13. The molecule has 0 radical (unpaired) electrons. The van der Waals surface area contributed by atoms with Crippen LogP contribution in [0.15, 0.2) is 41.3 Å². The van der Waals surface area contributed by atoms with E-state index in [0.717, 1.165) is 25.3 Å². The first-order chi connectivity index (χ1) is 15.2. The summed E-state index contributed by atoms with van der Waals surface area (Å²) in [6.07, 6.45) is 2.56. The smallest absolute Gasteiger partial charge is 0.251 e. The highest BCUT2D eigenvalue weighted by Crippen LogP contribution is 2.27. The van der Waals surface area contributed by atoms with E-state index in [2.05, 4.69) is 10.6 Å². The van der Waals surface area contributed by atoms with Crippen molar-refractivity contribution in [1.82, 2.24) is 14.9 Å². The maximum atomic E-state index is 13.6. The van der Waals surface area contributed by atoms with Gasteiger partial charge in [0.15, 0.2) is 0 Å². The van der Waals surface area contributed by atoms with Gasteiger partial charge in [0, 0.05) is 37.3 Å². The fraction of sp³-hybridized carbons (Fsp3) is 0.364. The second-order valence-electron chi connectivity index (χ2n) is 7.59. The molecule has 0 spiro atoms. The van der Waals surface area contributed by atoms with Crippen molar-refractivity contribution < 1.29 is 22.4 Å². The number of nitrogens with zero attached hydrogens (tertiary/aromatic N) is 1. The van der Waals surface area contributed by atoms with E-state index < -0.39 is 27.7 Å². The molecule has 2 N–H and O–H groups in total. The van der Waals surface area contributed by atoms with Gasteiger partial charge in [-0.2, -0.15) is 4.31 Å². The first-order valence-electron chi connectivity index (χ1n) is 10.3. The molecule has 2 amide bonds. The van der Waals surface area contributed by atoms with E-state index in [4.69, 9.17) is 11.6 Å². The van der Waals surface area contributed by atoms with Crippen LogP contribution in [0.2, 0.25) is 5.02 Å². The zero-order valence-electron chi connectivity index (χ0n) is 17.7. The lowest BCUT2D eigenvalue weighted by molar-refractivity contribution is 0.0927. The van der Waals surface area contributed by atoms with Gasteiger partial charge in [0.1, 0.15) is 10.7 Å². The van der Waals surface area contributed by atoms with Gasteiger partial charge in [-0.25, -0.2) is 12.8 Å². The second kappa shape index (κ2) is 10.4. The predicted octanol–water partition coefficient (Wildman–Crippen LogP) is 3.12. The fourth-order valence-electron chi connectivity index (χ4n) is 3.38. The Kier molecular flexibility index (Phi) is 7.86. The van der Waals surface area contributed by atoms with Gasteiger partial charge in [-0.15, -0.1) is 0 Å². The third-order valence-electron chi connectivity index (χ3n) is 5.26. The molecule has 172 valence electrons. The summed E-state index contributed by atoms with van der Waals surface area (Å²) in [5.41, 5.74) is 0.778. The standard InChI is InChI=1S/C22H25ClFN3O4S/c1-15-5-6-16(13-19(15)24)21(28)25-9-10-26-22(29)17-7-8-18(23)20(14-17)32(30,31)27-11-3-2-4-12-27/h5-8,13-14H,2-4,9-12H2,1H3,(H,25,28)(H,26,29). The minimum atomic E-state index is -3.79. The number of nitrogens with one attached hydrogen (secondary N) is 2. The summed E-state index contributed by atoms with van der Waals surface area (Å²) in [6.45, 7) is 2.69. The van der Waals surface area contributed by atoms with Gasteiger partial charge >= 0.3 is 0 Å². The van der Waals surface area contributed by atoms with Crippen LogP contribution in [0.25, 0.3) is 0 Å². The molecule has 1 aliphatic heterocycles. The summed E-state index contributed by atoms with van der Waals surface area (Å²) in [6, 6.07) is 8.30. The number of carbonyl (C=O) groups excluding carboxylic acids is 2. The number of aryl methyl sites for hydroxylation is 1. The van der Waals surface area contributed by atoms with Crippen LogP contribution in [-0.2, 0) is 10.0 Å². The second-order valence-corrected chi connectivity index (χ2v) is 9.90. The molecule has 2 aromatic carbocycles. The molecule has 0 bridgehead atoms. The number of halogens is 2. The van der Waals surface area contributed by atoms with Crippen LogP contribution in [0.3, 0.4) is 0 Å². The minimum absolute atomic E-state index is 0.0599. The molecule has 2 aromatic rings. The monoisotopic (exact) mass is 481 g/mol. The van der Waals surface area contributed by atoms with Crippen LogP contribution >= 0.6 is 11.6 Å². The maximum Gasteiger partial charge on any atom is 0.251 e. The topological polar surface area (TPSA) is 95.6 Å². The van der Waals surface area contributed by atoms with E-state index in [9.17, 15) is 22.4 Å². The Morgan fingerprint density at radius 2 is 1.53 bits per heavy atom. The number of rotatable bonds is 7. The van der Waals surface area contributed by atoms with Gasteiger partial charge < -0.3 is 10.6 Å². The molecular formula is C22H25ClFN3O4S. The van der Waals surface area contributed by atoms with E-state index >= 15 is 0 Å². The van der Waals surface area contributed by atoms with Crippen molar-refractivity contribution in [3.63, 3.8) is 0 Å². The molecule has 1 fully saturated rings. The Hall–Kier alpha value is -2.49. The van der Waals surface area contributed by atoms with Crippen molar-refractivity contribution in [2.45, 2.75) is 31.1 Å². The highest BCUT2D eigenvalue weighted by molar-refractivity contribution is 7.89. The highest BCUT2D eigenvalue weighted by Gasteiger charge is 2.28. The van der Waals surface area contributed by atoms with E-state index in [1.807, 2.05) is 0 Å². The van der Waals surface area contributed by atoms with Gasteiger partial charge in [0.05, 0.1) is 5.02 Å². The van der Waals surface area contributed by atoms with E-state index in [0.29, 0.717) is 18.7 Å². The lowest BCUT2D eigenvalue weighted by Crippen LogP contribution is -2.36. The van der Waals surface area contributed by atoms with Crippen LogP contribution in [-0.4, -0.2) is 50.7 Å². The van der Waals surface area contributed by atoms with Crippen molar-refractivity contribution in [3.8, 4) is 0 Å². The summed E-state index contributed by atoms with van der Waals surface area (Å²) in [5, 5.41) is 5.28. The van der Waals surface area contributed by atoms with Crippen molar-refractivity contribution in [3.05, 3.63) is 63.9 Å². The summed E-state index contributed by atoms with van der Waals surface area (Å²) in [5.74, 6) is -1.42. The van der Waals surface area contributed by atoms with Crippen LogP contribution in [0.4, 0.5) is 4.39 Å². The minimum Gasteiger partial charge on any atom is -0.350 e. The molecule has 0 atom stereocenters. The fourth-order valence-corrected chi connectivity index (χ4v) is 5.39.